The number of hydrogen-bond donors (Lipinski definition) is 0. The first-order chi connectivity index (χ1) is 7.85. The average Bonchev–Trinajstić information content (AvgIpc) is 2.78. The molecule has 3 heteroatoms. The van der Waals surface area contributed by atoms with E-state index in [2.05, 4.69) is 22.9 Å². The lowest BCUT2D eigenvalue weighted by molar-refractivity contribution is 0.270. The van der Waals surface area contributed by atoms with Crippen molar-refractivity contribution in [3.8, 4) is 5.88 Å². The third-order valence-electron chi connectivity index (χ3n) is 3.21. The molecule has 1 atom stereocenters. The number of likely N-dealkylation sites (tertiary alicyclic amines) is 1. The van der Waals surface area contributed by atoms with Crippen molar-refractivity contribution in [2.45, 2.75) is 32.7 Å². The molecule has 1 aliphatic heterocycles. The predicted octanol–water partition coefficient (Wildman–Crippen LogP) is 2.64. The normalized spacial score (nSPS) is 21.2. The van der Waals surface area contributed by atoms with Gasteiger partial charge in [-0.3, -0.25) is 4.90 Å². The van der Waals surface area contributed by atoms with Gasteiger partial charge >= 0.3 is 0 Å². The predicted molar refractivity (Wildman–Crippen MR) is 64.6 cm³/mol. The van der Waals surface area contributed by atoms with E-state index in [1.165, 1.54) is 24.9 Å². The van der Waals surface area contributed by atoms with Gasteiger partial charge < -0.3 is 4.74 Å². The smallest absolute Gasteiger partial charge is 0.213 e. The molecule has 16 heavy (non-hydrogen) atoms. The van der Waals surface area contributed by atoms with Gasteiger partial charge in [0.25, 0.3) is 0 Å². The molecule has 1 aliphatic rings. The Morgan fingerprint density at radius 3 is 2.94 bits per heavy atom. The summed E-state index contributed by atoms with van der Waals surface area (Å²) < 4.78 is 5.35. The van der Waals surface area contributed by atoms with E-state index in [9.17, 15) is 0 Å². The summed E-state index contributed by atoms with van der Waals surface area (Å²) in [5, 5.41) is 0. The van der Waals surface area contributed by atoms with E-state index < -0.39 is 0 Å². The van der Waals surface area contributed by atoms with Crippen molar-refractivity contribution < 1.29 is 4.74 Å². The molecule has 0 radical (unpaired) electrons. The quantitative estimate of drug-likeness (QED) is 0.780. The van der Waals surface area contributed by atoms with Crippen molar-refractivity contribution in [3.05, 3.63) is 23.9 Å². The zero-order chi connectivity index (χ0) is 11.4. The lowest BCUT2D eigenvalue weighted by Crippen LogP contribution is -2.22. The molecular formula is C13H20N2O. The number of ether oxygens (including phenoxy) is 1. The topological polar surface area (TPSA) is 25.4 Å². The number of rotatable bonds is 4. The summed E-state index contributed by atoms with van der Waals surface area (Å²) in [7, 11) is 0. The van der Waals surface area contributed by atoms with Crippen molar-refractivity contribution in [3.63, 3.8) is 0 Å². The van der Waals surface area contributed by atoms with Crippen molar-refractivity contribution in [2.24, 2.45) is 0 Å². The van der Waals surface area contributed by atoms with Crippen molar-refractivity contribution >= 4 is 0 Å². The van der Waals surface area contributed by atoms with Gasteiger partial charge in [0.1, 0.15) is 0 Å². The van der Waals surface area contributed by atoms with Gasteiger partial charge in [-0.25, -0.2) is 4.98 Å². The molecule has 0 spiro atoms. The van der Waals surface area contributed by atoms with E-state index in [0.717, 1.165) is 12.4 Å². The third kappa shape index (κ3) is 2.35. The molecule has 0 saturated carbocycles. The minimum absolute atomic E-state index is 0.563. The molecule has 0 aromatic carbocycles. The van der Waals surface area contributed by atoms with Crippen LogP contribution in [0, 0.1) is 0 Å². The number of hydrogen-bond acceptors (Lipinski definition) is 3. The maximum Gasteiger partial charge on any atom is 0.213 e. The van der Waals surface area contributed by atoms with Crippen LogP contribution in [0.25, 0.3) is 0 Å². The van der Waals surface area contributed by atoms with Gasteiger partial charge in [-0.1, -0.05) is 13.0 Å². The zero-order valence-electron chi connectivity index (χ0n) is 10.1. The standard InChI is InChI=1S/C13H20N2O/c1-3-15-9-5-6-12(15)11-7-8-13(14-10-11)16-4-2/h7-8,10,12H,3-6,9H2,1-2H3/t12-/m1/s1. The SMILES string of the molecule is CCOc1ccc([C@H]2CCCN2CC)cn1. The van der Waals surface area contributed by atoms with Crippen LogP contribution < -0.4 is 4.74 Å². The molecule has 0 N–H and O–H groups in total. The van der Waals surface area contributed by atoms with Crippen LogP contribution in [0.15, 0.2) is 18.3 Å². The van der Waals surface area contributed by atoms with E-state index in [1.807, 2.05) is 19.2 Å². The maximum absolute atomic E-state index is 5.35. The molecule has 88 valence electrons. The van der Waals surface area contributed by atoms with Crippen LogP contribution in [0.1, 0.15) is 38.3 Å². The van der Waals surface area contributed by atoms with Gasteiger partial charge in [0, 0.05) is 18.3 Å². The number of nitrogens with zero attached hydrogens (tertiary/aromatic N) is 2. The van der Waals surface area contributed by atoms with E-state index in [-0.39, 0.29) is 0 Å². The highest BCUT2D eigenvalue weighted by Gasteiger charge is 2.24. The molecule has 0 amide bonds. The van der Waals surface area contributed by atoms with Gasteiger partial charge in [-0.15, -0.1) is 0 Å². The highest BCUT2D eigenvalue weighted by atomic mass is 16.5. The van der Waals surface area contributed by atoms with Crippen LogP contribution in [-0.2, 0) is 0 Å². The summed E-state index contributed by atoms with van der Waals surface area (Å²) in [6, 6.07) is 4.69. The first kappa shape index (κ1) is 11.4. The van der Waals surface area contributed by atoms with Crippen molar-refractivity contribution in [2.75, 3.05) is 19.7 Å². The first-order valence-corrected chi connectivity index (χ1v) is 6.18. The monoisotopic (exact) mass is 220 g/mol. The van der Waals surface area contributed by atoms with E-state index in [1.54, 1.807) is 0 Å². The van der Waals surface area contributed by atoms with Crippen LogP contribution >= 0.6 is 0 Å². The van der Waals surface area contributed by atoms with Crippen LogP contribution in [0.3, 0.4) is 0 Å². The van der Waals surface area contributed by atoms with Gasteiger partial charge in [0.05, 0.1) is 6.61 Å². The van der Waals surface area contributed by atoms with E-state index in [0.29, 0.717) is 12.6 Å². The summed E-state index contributed by atoms with van der Waals surface area (Å²) in [6.07, 6.45) is 4.51. The molecular weight excluding hydrogens is 200 g/mol. The van der Waals surface area contributed by atoms with Crippen LogP contribution in [0.5, 0.6) is 5.88 Å². The Bertz CT molecular complexity index is 323. The second kappa shape index (κ2) is 5.30. The average molecular weight is 220 g/mol. The second-order valence-electron chi connectivity index (χ2n) is 4.15. The number of pyridine rings is 1. The summed E-state index contributed by atoms with van der Waals surface area (Å²) in [5.41, 5.74) is 1.32. The molecule has 1 aromatic rings. The third-order valence-corrected chi connectivity index (χ3v) is 3.21. The van der Waals surface area contributed by atoms with Crippen molar-refractivity contribution in [1.29, 1.82) is 0 Å². The molecule has 2 heterocycles. The highest BCUT2D eigenvalue weighted by Crippen LogP contribution is 2.31. The summed E-state index contributed by atoms with van der Waals surface area (Å²) in [4.78, 5) is 6.84. The maximum atomic E-state index is 5.35. The molecule has 1 aromatic heterocycles. The second-order valence-corrected chi connectivity index (χ2v) is 4.15. The molecule has 1 fully saturated rings. The minimum atomic E-state index is 0.563. The fourth-order valence-corrected chi connectivity index (χ4v) is 2.40. The Morgan fingerprint density at radius 2 is 2.31 bits per heavy atom. The molecule has 2 rings (SSSR count). The van der Waals surface area contributed by atoms with E-state index in [4.69, 9.17) is 4.74 Å². The Kier molecular flexibility index (Phi) is 3.78. The minimum Gasteiger partial charge on any atom is -0.478 e. The zero-order valence-corrected chi connectivity index (χ0v) is 10.1. The van der Waals surface area contributed by atoms with Gasteiger partial charge in [0.2, 0.25) is 5.88 Å². The lowest BCUT2D eigenvalue weighted by Gasteiger charge is -2.22. The van der Waals surface area contributed by atoms with Gasteiger partial charge in [-0.05, 0) is 38.4 Å². The fraction of sp³-hybridized carbons (Fsp3) is 0.615. The largest absolute Gasteiger partial charge is 0.478 e. The van der Waals surface area contributed by atoms with Crippen LogP contribution in [-0.4, -0.2) is 29.6 Å². The Morgan fingerprint density at radius 1 is 1.44 bits per heavy atom. The fourth-order valence-electron chi connectivity index (χ4n) is 2.40. The summed E-state index contributed by atoms with van der Waals surface area (Å²) in [5.74, 6) is 0.729. The molecule has 0 aliphatic carbocycles. The Hall–Kier alpha value is -1.09. The molecule has 1 saturated heterocycles. The van der Waals surface area contributed by atoms with Gasteiger partial charge in [0.15, 0.2) is 0 Å². The Balaban J connectivity index is 2.08. The highest BCUT2D eigenvalue weighted by molar-refractivity contribution is 5.21. The molecule has 0 bridgehead atoms. The number of aromatic nitrogens is 1. The molecule has 3 nitrogen and oxygen atoms in total. The van der Waals surface area contributed by atoms with E-state index >= 15 is 0 Å². The van der Waals surface area contributed by atoms with Crippen LogP contribution in [0.2, 0.25) is 0 Å². The summed E-state index contributed by atoms with van der Waals surface area (Å²) >= 11 is 0. The Labute approximate surface area is 97.4 Å². The lowest BCUT2D eigenvalue weighted by atomic mass is 10.1. The summed E-state index contributed by atoms with van der Waals surface area (Å²) in [6.45, 7) is 7.22. The van der Waals surface area contributed by atoms with Crippen molar-refractivity contribution in [1.82, 2.24) is 9.88 Å². The van der Waals surface area contributed by atoms with Crippen LogP contribution in [0.4, 0.5) is 0 Å². The molecule has 0 unspecified atom stereocenters. The van der Waals surface area contributed by atoms with Gasteiger partial charge in [-0.2, -0.15) is 0 Å². The first-order valence-electron chi connectivity index (χ1n) is 6.18.